The number of alkyl halides is 1. The van der Waals surface area contributed by atoms with E-state index in [1.807, 2.05) is 27.7 Å². The summed E-state index contributed by atoms with van der Waals surface area (Å²) in [6.45, 7) is 14.1. The van der Waals surface area contributed by atoms with Crippen molar-refractivity contribution >= 4 is 17.6 Å². The average molecular weight is 320 g/mol. The Labute approximate surface area is 136 Å². The highest BCUT2D eigenvalue weighted by Gasteiger charge is 2.21. The van der Waals surface area contributed by atoms with Crippen LogP contribution in [0, 0.1) is 5.92 Å². The van der Waals surface area contributed by atoms with Gasteiger partial charge in [0.1, 0.15) is 5.60 Å². The molecule has 0 N–H and O–H groups in total. The molecule has 2 atom stereocenters. The fraction of sp³-hybridized carbons (Fsp3) is 0.941. The molecule has 0 amide bonds. The smallest absolute Gasteiger partial charge is 0.320 e. The van der Waals surface area contributed by atoms with Gasteiger partial charge in [0, 0.05) is 18.5 Å². The van der Waals surface area contributed by atoms with E-state index < -0.39 is 5.60 Å². The number of hydrogen-bond donors (Lipinski definition) is 0. The number of halogens is 1. The van der Waals surface area contributed by atoms with Crippen LogP contribution in [0.4, 0.5) is 0 Å². The van der Waals surface area contributed by atoms with Gasteiger partial charge in [0.25, 0.3) is 0 Å². The van der Waals surface area contributed by atoms with Crippen LogP contribution in [-0.4, -0.2) is 41.5 Å². The summed E-state index contributed by atoms with van der Waals surface area (Å²) in [6, 6.07) is 0. The predicted molar refractivity (Wildman–Crippen MR) is 90.9 cm³/mol. The minimum atomic E-state index is -0.428. The Morgan fingerprint density at radius 1 is 1.19 bits per heavy atom. The van der Waals surface area contributed by atoms with Crippen LogP contribution < -0.4 is 0 Å². The van der Waals surface area contributed by atoms with Crippen LogP contribution in [0.1, 0.15) is 67.2 Å². The van der Waals surface area contributed by atoms with Crippen molar-refractivity contribution < 1.29 is 9.53 Å². The zero-order valence-corrected chi connectivity index (χ0v) is 15.5. The van der Waals surface area contributed by atoms with Gasteiger partial charge in [-0.25, -0.2) is 0 Å². The maximum absolute atomic E-state index is 12.0. The van der Waals surface area contributed by atoms with E-state index in [1.165, 1.54) is 25.7 Å². The lowest BCUT2D eigenvalue weighted by molar-refractivity contribution is -0.156. The Morgan fingerprint density at radius 3 is 2.29 bits per heavy atom. The van der Waals surface area contributed by atoms with Crippen molar-refractivity contribution in [2.45, 2.75) is 78.2 Å². The van der Waals surface area contributed by atoms with Crippen LogP contribution in [0.2, 0.25) is 0 Å². The minimum absolute atomic E-state index is 0.0373. The molecular weight excluding hydrogens is 286 g/mol. The van der Waals surface area contributed by atoms with Gasteiger partial charge in [-0.15, -0.1) is 11.6 Å². The summed E-state index contributed by atoms with van der Waals surface area (Å²) in [4.78, 5) is 14.1. The molecule has 126 valence electrons. The molecule has 2 unspecified atom stereocenters. The third-order valence-corrected chi connectivity index (χ3v) is 3.29. The second-order valence-corrected chi connectivity index (χ2v) is 7.91. The van der Waals surface area contributed by atoms with E-state index in [2.05, 4.69) is 18.7 Å². The van der Waals surface area contributed by atoms with Crippen LogP contribution in [0.25, 0.3) is 0 Å². The van der Waals surface area contributed by atoms with Crippen LogP contribution >= 0.6 is 11.6 Å². The van der Waals surface area contributed by atoms with E-state index in [0.29, 0.717) is 12.5 Å². The van der Waals surface area contributed by atoms with Gasteiger partial charge in [0.15, 0.2) is 0 Å². The topological polar surface area (TPSA) is 29.5 Å². The molecule has 0 aromatic rings. The number of nitrogens with zero attached hydrogens (tertiary/aromatic N) is 1. The van der Waals surface area contributed by atoms with Gasteiger partial charge in [-0.2, -0.15) is 0 Å². The van der Waals surface area contributed by atoms with Crippen molar-refractivity contribution in [2.75, 3.05) is 19.6 Å². The monoisotopic (exact) mass is 319 g/mol. The highest BCUT2D eigenvalue weighted by atomic mass is 35.5. The van der Waals surface area contributed by atoms with Crippen LogP contribution in [0.5, 0.6) is 0 Å². The lowest BCUT2D eigenvalue weighted by Crippen LogP contribution is -2.39. The number of carbonyl (C=O) groups is 1. The summed E-state index contributed by atoms with van der Waals surface area (Å²) in [5.41, 5.74) is -0.428. The van der Waals surface area contributed by atoms with E-state index in [-0.39, 0.29) is 11.3 Å². The molecular formula is C17H34ClNO2. The minimum Gasteiger partial charge on any atom is -0.459 e. The third-order valence-electron chi connectivity index (χ3n) is 3.15. The number of esters is 1. The molecule has 0 aliphatic rings. The zero-order chi connectivity index (χ0) is 16.5. The molecule has 0 rings (SSSR count). The Kier molecular flexibility index (Phi) is 10.3. The van der Waals surface area contributed by atoms with Gasteiger partial charge in [0.05, 0.1) is 6.54 Å². The largest absolute Gasteiger partial charge is 0.459 e. The van der Waals surface area contributed by atoms with E-state index in [0.717, 1.165) is 13.1 Å². The molecule has 0 radical (unpaired) electrons. The molecule has 0 aliphatic carbocycles. The first-order valence-corrected chi connectivity index (χ1v) is 8.66. The number of hydrogen-bond acceptors (Lipinski definition) is 3. The molecule has 4 heteroatoms. The second kappa shape index (κ2) is 10.4. The number of unbranched alkanes of at least 4 members (excludes halogenated alkanes) is 2. The molecule has 0 spiro atoms. The van der Waals surface area contributed by atoms with Crippen molar-refractivity contribution in [3.8, 4) is 0 Å². The first kappa shape index (κ1) is 20.7. The lowest BCUT2D eigenvalue weighted by Gasteiger charge is -2.28. The molecule has 3 nitrogen and oxygen atoms in total. The first-order chi connectivity index (χ1) is 9.64. The lowest BCUT2D eigenvalue weighted by atomic mass is 10.0. The van der Waals surface area contributed by atoms with Gasteiger partial charge in [-0.05, 0) is 40.0 Å². The molecule has 0 fully saturated rings. The summed E-state index contributed by atoms with van der Waals surface area (Å²) in [5, 5.41) is 0.0373. The summed E-state index contributed by atoms with van der Waals surface area (Å²) in [5.74, 6) is 0.412. The second-order valence-electron chi connectivity index (χ2n) is 7.16. The molecule has 0 aromatic heterocycles. The molecule has 0 aliphatic heterocycles. The van der Waals surface area contributed by atoms with Crippen molar-refractivity contribution in [1.82, 2.24) is 4.90 Å². The number of ether oxygens (including phenoxy) is 1. The SMILES string of the molecule is CCCCCC(C)CN(CC(=O)OC(C)(C)C)CC(C)Cl. The molecule has 21 heavy (non-hydrogen) atoms. The molecule has 0 saturated heterocycles. The molecule has 0 bridgehead atoms. The molecule has 0 saturated carbocycles. The normalized spacial score (nSPS) is 15.0. The van der Waals surface area contributed by atoms with E-state index in [1.54, 1.807) is 0 Å². The van der Waals surface area contributed by atoms with E-state index in [4.69, 9.17) is 16.3 Å². The quantitative estimate of drug-likeness (QED) is 0.338. The van der Waals surface area contributed by atoms with E-state index in [9.17, 15) is 4.79 Å². The highest BCUT2D eigenvalue weighted by molar-refractivity contribution is 6.20. The maximum Gasteiger partial charge on any atom is 0.320 e. The van der Waals surface area contributed by atoms with Gasteiger partial charge < -0.3 is 4.74 Å². The van der Waals surface area contributed by atoms with Gasteiger partial charge in [-0.1, -0.05) is 33.1 Å². The number of rotatable bonds is 10. The average Bonchev–Trinajstić information content (AvgIpc) is 2.25. The van der Waals surface area contributed by atoms with Gasteiger partial charge in [0.2, 0.25) is 0 Å². The van der Waals surface area contributed by atoms with Crippen LogP contribution in [0.15, 0.2) is 0 Å². The Bertz CT molecular complexity index is 287. The van der Waals surface area contributed by atoms with Gasteiger partial charge in [-0.3, -0.25) is 9.69 Å². The highest BCUT2D eigenvalue weighted by Crippen LogP contribution is 2.13. The number of carbonyl (C=O) groups excluding carboxylic acids is 1. The van der Waals surface area contributed by atoms with Crippen molar-refractivity contribution in [3.63, 3.8) is 0 Å². The van der Waals surface area contributed by atoms with Crippen molar-refractivity contribution in [3.05, 3.63) is 0 Å². The Hall–Kier alpha value is -0.280. The third kappa shape index (κ3) is 13.1. The van der Waals surface area contributed by atoms with Crippen LogP contribution in [0.3, 0.4) is 0 Å². The fourth-order valence-corrected chi connectivity index (χ4v) is 2.59. The zero-order valence-electron chi connectivity index (χ0n) is 14.7. The van der Waals surface area contributed by atoms with E-state index >= 15 is 0 Å². The van der Waals surface area contributed by atoms with Crippen molar-refractivity contribution in [2.24, 2.45) is 5.92 Å². The first-order valence-electron chi connectivity index (χ1n) is 8.22. The fourth-order valence-electron chi connectivity index (χ4n) is 2.39. The summed E-state index contributed by atoms with van der Waals surface area (Å²) in [6.07, 6.45) is 4.99. The maximum atomic E-state index is 12.0. The Morgan fingerprint density at radius 2 is 1.81 bits per heavy atom. The van der Waals surface area contributed by atoms with Gasteiger partial charge >= 0.3 is 5.97 Å². The van der Waals surface area contributed by atoms with Crippen molar-refractivity contribution in [1.29, 1.82) is 0 Å². The molecule has 0 heterocycles. The summed E-state index contributed by atoms with van der Waals surface area (Å²) >= 11 is 6.11. The predicted octanol–water partition coefficient (Wildman–Crippen LogP) is 4.47. The standard InChI is InChI=1S/C17H34ClNO2/c1-7-8-9-10-14(2)11-19(12-15(3)18)13-16(20)21-17(4,5)6/h14-15H,7-13H2,1-6H3. The van der Waals surface area contributed by atoms with Crippen LogP contribution in [-0.2, 0) is 9.53 Å². The molecule has 0 aromatic carbocycles. The summed E-state index contributed by atoms with van der Waals surface area (Å²) < 4.78 is 5.41. The summed E-state index contributed by atoms with van der Waals surface area (Å²) in [7, 11) is 0. The Balaban J connectivity index is 4.34.